The van der Waals surface area contributed by atoms with E-state index < -0.39 is 0 Å². The number of halogens is 1. The highest BCUT2D eigenvalue weighted by molar-refractivity contribution is 6.28. The standard InChI is InChI=1S/C12H15ClN6O/c1-8-7-9(2)19(17-8)12-15-10(13)14-11(16-12)18-3-5-20-6-4-18/h7H,3-6H2,1-2H3. The molecule has 1 fully saturated rings. The molecule has 20 heavy (non-hydrogen) atoms. The molecule has 1 saturated heterocycles. The molecule has 1 aliphatic rings. The van der Waals surface area contributed by atoms with Crippen molar-refractivity contribution in [2.75, 3.05) is 31.2 Å². The lowest BCUT2D eigenvalue weighted by Crippen LogP contribution is -2.37. The average molecular weight is 295 g/mol. The normalized spacial score (nSPS) is 15.7. The molecule has 0 spiro atoms. The first-order valence-corrected chi connectivity index (χ1v) is 6.79. The summed E-state index contributed by atoms with van der Waals surface area (Å²) in [5.41, 5.74) is 1.87. The van der Waals surface area contributed by atoms with Crippen LogP contribution in [-0.2, 0) is 4.74 Å². The Morgan fingerprint density at radius 2 is 1.80 bits per heavy atom. The van der Waals surface area contributed by atoms with Crippen LogP contribution < -0.4 is 4.90 Å². The van der Waals surface area contributed by atoms with E-state index in [9.17, 15) is 0 Å². The zero-order valence-electron chi connectivity index (χ0n) is 11.4. The average Bonchev–Trinajstić information content (AvgIpc) is 2.78. The van der Waals surface area contributed by atoms with E-state index in [1.54, 1.807) is 4.68 Å². The van der Waals surface area contributed by atoms with E-state index in [2.05, 4.69) is 20.1 Å². The van der Waals surface area contributed by atoms with Gasteiger partial charge in [0.15, 0.2) is 0 Å². The van der Waals surface area contributed by atoms with Gasteiger partial charge in [-0.1, -0.05) is 0 Å². The Kier molecular flexibility index (Phi) is 3.54. The molecular formula is C12H15ClN6O. The summed E-state index contributed by atoms with van der Waals surface area (Å²) in [6.07, 6.45) is 0. The summed E-state index contributed by atoms with van der Waals surface area (Å²) in [6, 6.07) is 1.96. The molecule has 0 aliphatic carbocycles. The Morgan fingerprint density at radius 1 is 1.10 bits per heavy atom. The first-order chi connectivity index (χ1) is 9.63. The van der Waals surface area contributed by atoms with E-state index in [0.29, 0.717) is 25.1 Å². The van der Waals surface area contributed by atoms with Gasteiger partial charge in [-0.25, -0.2) is 4.68 Å². The third-order valence-electron chi connectivity index (χ3n) is 3.08. The molecular weight excluding hydrogens is 280 g/mol. The molecule has 0 bridgehead atoms. The lowest BCUT2D eigenvalue weighted by Gasteiger charge is -2.26. The number of ether oxygens (including phenoxy) is 1. The van der Waals surface area contributed by atoms with Crippen molar-refractivity contribution >= 4 is 17.5 Å². The van der Waals surface area contributed by atoms with Crippen LogP contribution >= 0.6 is 11.6 Å². The second-order valence-corrected chi connectivity index (χ2v) is 4.98. The van der Waals surface area contributed by atoms with Crippen LogP contribution in [0.5, 0.6) is 0 Å². The van der Waals surface area contributed by atoms with Crippen LogP contribution in [0.1, 0.15) is 11.4 Å². The van der Waals surface area contributed by atoms with Gasteiger partial charge in [0.05, 0.1) is 18.9 Å². The Labute approximate surface area is 121 Å². The Morgan fingerprint density at radius 3 is 2.45 bits per heavy atom. The monoisotopic (exact) mass is 294 g/mol. The number of hydrogen-bond donors (Lipinski definition) is 0. The topological polar surface area (TPSA) is 69.0 Å². The highest BCUT2D eigenvalue weighted by Crippen LogP contribution is 2.16. The van der Waals surface area contributed by atoms with Crippen LogP contribution in [0.3, 0.4) is 0 Å². The van der Waals surface area contributed by atoms with Gasteiger partial charge in [0.1, 0.15) is 0 Å². The number of rotatable bonds is 2. The summed E-state index contributed by atoms with van der Waals surface area (Å²) >= 11 is 6.02. The molecule has 2 aromatic heterocycles. The first kappa shape index (κ1) is 13.3. The van der Waals surface area contributed by atoms with Crippen molar-refractivity contribution in [3.63, 3.8) is 0 Å². The van der Waals surface area contributed by atoms with Crippen molar-refractivity contribution in [3.8, 4) is 5.95 Å². The van der Waals surface area contributed by atoms with Gasteiger partial charge in [-0.3, -0.25) is 0 Å². The van der Waals surface area contributed by atoms with Crippen LogP contribution in [0.4, 0.5) is 5.95 Å². The first-order valence-electron chi connectivity index (χ1n) is 6.41. The number of aryl methyl sites for hydroxylation is 2. The van der Waals surface area contributed by atoms with E-state index in [4.69, 9.17) is 16.3 Å². The highest BCUT2D eigenvalue weighted by atomic mass is 35.5. The molecule has 0 amide bonds. The maximum Gasteiger partial charge on any atom is 0.256 e. The molecule has 0 radical (unpaired) electrons. The van der Waals surface area contributed by atoms with Crippen LogP contribution in [0.2, 0.25) is 5.28 Å². The highest BCUT2D eigenvalue weighted by Gasteiger charge is 2.17. The summed E-state index contributed by atoms with van der Waals surface area (Å²) in [5.74, 6) is 1.01. The van der Waals surface area contributed by atoms with E-state index in [1.165, 1.54) is 0 Å². The minimum Gasteiger partial charge on any atom is -0.378 e. The van der Waals surface area contributed by atoms with Gasteiger partial charge in [0.2, 0.25) is 11.2 Å². The number of nitrogens with zero attached hydrogens (tertiary/aromatic N) is 6. The fourth-order valence-corrected chi connectivity index (χ4v) is 2.31. The summed E-state index contributed by atoms with van der Waals surface area (Å²) < 4.78 is 7.00. The number of anilines is 1. The van der Waals surface area contributed by atoms with Gasteiger partial charge >= 0.3 is 0 Å². The fraction of sp³-hybridized carbons (Fsp3) is 0.500. The predicted molar refractivity (Wildman–Crippen MR) is 74.5 cm³/mol. The number of aromatic nitrogens is 5. The fourth-order valence-electron chi connectivity index (χ4n) is 2.16. The molecule has 7 nitrogen and oxygen atoms in total. The Bertz CT molecular complexity index is 622. The van der Waals surface area contributed by atoms with Gasteiger partial charge in [-0.15, -0.1) is 0 Å². The Hall–Kier alpha value is -1.73. The maximum absolute atomic E-state index is 6.02. The maximum atomic E-state index is 6.02. The Balaban J connectivity index is 1.99. The molecule has 0 saturated carbocycles. The van der Waals surface area contributed by atoms with E-state index in [0.717, 1.165) is 24.5 Å². The quantitative estimate of drug-likeness (QED) is 0.828. The third kappa shape index (κ3) is 2.59. The molecule has 8 heteroatoms. The van der Waals surface area contributed by atoms with Gasteiger partial charge < -0.3 is 9.64 Å². The second-order valence-electron chi connectivity index (χ2n) is 4.64. The zero-order chi connectivity index (χ0) is 14.1. The van der Waals surface area contributed by atoms with E-state index in [-0.39, 0.29) is 5.28 Å². The predicted octanol–water partition coefficient (Wildman–Crippen LogP) is 1.16. The summed E-state index contributed by atoms with van der Waals surface area (Å²) in [7, 11) is 0. The molecule has 0 aromatic carbocycles. The molecule has 1 aliphatic heterocycles. The summed E-state index contributed by atoms with van der Waals surface area (Å²) in [6.45, 7) is 6.70. The third-order valence-corrected chi connectivity index (χ3v) is 3.25. The number of hydrogen-bond acceptors (Lipinski definition) is 6. The van der Waals surface area contributed by atoms with Gasteiger partial charge in [0, 0.05) is 18.8 Å². The van der Waals surface area contributed by atoms with E-state index in [1.807, 2.05) is 24.8 Å². The molecule has 0 atom stereocenters. The smallest absolute Gasteiger partial charge is 0.256 e. The summed E-state index contributed by atoms with van der Waals surface area (Å²) in [5, 5.41) is 4.54. The molecule has 0 N–H and O–H groups in total. The molecule has 0 unspecified atom stereocenters. The van der Waals surface area contributed by atoms with Crippen LogP contribution in [0.15, 0.2) is 6.07 Å². The van der Waals surface area contributed by atoms with Gasteiger partial charge in [-0.05, 0) is 31.5 Å². The largest absolute Gasteiger partial charge is 0.378 e. The van der Waals surface area contributed by atoms with Crippen LogP contribution in [-0.4, -0.2) is 51.0 Å². The lowest BCUT2D eigenvalue weighted by molar-refractivity contribution is 0.122. The minimum atomic E-state index is 0.170. The van der Waals surface area contributed by atoms with Crippen molar-refractivity contribution in [2.45, 2.75) is 13.8 Å². The number of morpholine rings is 1. The van der Waals surface area contributed by atoms with Crippen molar-refractivity contribution in [3.05, 3.63) is 22.7 Å². The molecule has 3 rings (SSSR count). The van der Waals surface area contributed by atoms with Crippen molar-refractivity contribution in [2.24, 2.45) is 0 Å². The SMILES string of the molecule is Cc1cc(C)n(-c2nc(Cl)nc(N3CCOCC3)n2)n1. The van der Waals surface area contributed by atoms with Crippen molar-refractivity contribution < 1.29 is 4.74 Å². The van der Waals surface area contributed by atoms with Gasteiger partial charge in [-0.2, -0.15) is 20.1 Å². The van der Waals surface area contributed by atoms with Gasteiger partial charge in [0.25, 0.3) is 5.95 Å². The second kappa shape index (κ2) is 5.34. The van der Waals surface area contributed by atoms with Crippen molar-refractivity contribution in [1.82, 2.24) is 24.7 Å². The van der Waals surface area contributed by atoms with Crippen LogP contribution in [0, 0.1) is 13.8 Å². The molecule has 2 aromatic rings. The van der Waals surface area contributed by atoms with E-state index >= 15 is 0 Å². The lowest BCUT2D eigenvalue weighted by atomic mass is 10.4. The zero-order valence-corrected chi connectivity index (χ0v) is 12.1. The van der Waals surface area contributed by atoms with Crippen LogP contribution in [0.25, 0.3) is 5.95 Å². The minimum absolute atomic E-state index is 0.170. The molecule has 106 valence electrons. The summed E-state index contributed by atoms with van der Waals surface area (Å²) in [4.78, 5) is 14.9. The molecule has 3 heterocycles. The van der Waals surface area contributed by atoms with Crippen molar-refractivity contribution in [1.29, 1.82) is 0 Å².